The highest BCUT2D eigenvalue weighted by Gasteiger charge is 2.36. The summed E-state index contributed by atoms with van der Waals surface area (Å²) in [5.74, 6) is 0.0121. The van der Waals surface area contributed by atoms with Crippen molar-refractivity contribution in [2.75, 3.05) is 18.8 Å². The molecule has 2 fully saturated rings. The maximum absolute atomic E-state index is 11.9. The SMILES string of the molecule is CCN(CC(=O)O)C1CC(NS(=O)(=O)CCC2CC2)C1. The predicted octanol–water partition coefficient (Wildman–Crippen LogP) is 0.643. The number of rotatable bonds is 9. The van der Waals surface area contributed by atoms with E-state index >= 15 is 0 Å². The Morgan fingerprint density at radius 1 is 1.35 bits per heavy atom. The van der Waals surface area contributed by atoms with Crippen LogP contribution in [-0.4, -0.2) is 55.3 Å². The van der Waals surface area contributed by atoms with Gasteiger partial charge in [-0.25, -0.2) is 13.1 Å². The van der Waals surface area contributed by atoms with Crippen LogP contribution in [-0.2, 0) is 14.8 Å². The van der Waals surface area contributed by atoms with Crippen LogP contribution < -0.4 is 4.72 Å². The minimum atomic E-state index is -3.16. The molecule has 0 radical (unpaired) electrons. The van der Waals surface area contributed by atoms with Gasteiger partial charge in [0.15, 0.2) is 0 Å². The Morgan fingerprint density at radius 2 is 2.00 bits per heavy atom. The van der Waals surface area contributed by atoms with E-state index in [-0.39, 0.29) is 24.4 Å². The lowest BCUT2D eigenvalue weighted by atomic mass is 9.86. The van der Waals surface area contributed by atoms with Gasteiger partial charge in [0, 0.05) is 12.1 Å². The molecule has 0 atom stereocenters. The molecule has 7 heteroatoms. The number of aliphatic carboxylic acids is 1. The maximum atomic E-state index is 11.9. The Bertz CT molecular complexity index is 441. The molecule has 0 aromatic rings. The van der Waals surface area contributed by atoms with Crippen molar-refractivity contribution in [2.24, 2.45) is 5.92 Å². The van der Waals surface area contributed by atoms with E-state index < -0.39 is 16.0 Å². The van der Waals surface area contributed by atoms with Crippen molar-refractivity contribution in [3.63, 3.8) is 0 Å². The lowest BCUT2D eigenvalue weighted by Gasteiger charge is -2.42. The van der Waals surface area contributed by atoms with Gasteiger partial charge in [-0.05, 0) is 31.7 Å². The monoisotopic (exact) mass is 304 g/mol. The number of likely N-dealkylation sites (N-methyl/N-ethyl adjacent to an activating group) is 1. The van der Waals surface area contributed by atoms with Crippen LogP contribution >= 0.6 is 0 Å². The van der Waals surface area contributed by atoms with E-state index in [9.17, 15) is 13.2 Å². The Kier molecular flexibility index (Phi) is 5.04. The summed E-state index contributed by atoms with van der Waals surface area (Å²) in [6, 6.07) is 0.166. The summed E-state index contributed by atoms with van der Waals surface area (Å²) in [4.78, 5) is 12.6. The van der Waals surface area contributed by atoms with Crippen LogP contribution in [0.1, 0.15) is 39.0 Å². The van der Waals surface area contributed by atoms with E-state index in [0.717, 1.165) is 6.42 Å². The summed E-state index contributed by atoms with van der Waals surface area (Å²) < 4.78 is 26.5. The first-order chi connectivity index (χ1) is 9.39. The fourth-order valence-electron chi connectivity index (χ4n) is 2.70. The summed E-state index contributed by atoms with van der Waals surface area (Å²) in [6.07, 6.45) is 4.53. The Labute approximate surface area is 120 Å². The summed E-state index contributed by atoms with van der Waals surface area (Å²) >= 11 is 0. The average molecular weight is 304 g/mol. The predicted molar refractivity (Wildman–Crippen MR) is 76.0 cm³/mol. The van der Waals surface area contributed by atoms with Crippen LogP contribution in [0.4, 0.5) is 0 Å². The van der Waals surface area contributed by atoms with E-state index in [0.29, 0.717) is 25.3 Å². The highest BCUT2D eigenvalue weighted by atomic mass is 32.2. The molecule has 2 saturated carbocycles. The molecular weight excluding hydrogens is 280 g/mol. The van der Waals surface area contributed by atoms with E-state index in [4.69, 9.17) is 5.11 Å². The number of hydrogen-bond donors (Lipinski definition) is 2. The third-order valence-electron chi connectivity index (χ3n) is 4.21. The van der Waals surface area contributed by atoms with Crippen LogP contribution in [0.2, 0.25) is 0 Å². The third-order valence-corrected chi connectivity index (χ3v) is 5.68. The average Bonchev–Trinajstić information content (AvgIpc) is 3.12. The second-order valence-electron chi connectivity index (χ2n) is 5.95. The van der Waals surface area contributed by atoms with Gasteiger partial charge in [0.25, 0.3) is 0 Å². The quantitative estimate of drug-likeness (QED) is 0.653. The van der Waals surface area contributed by atoms with Gasteiger partial charge in [-0.1, -0.05) is 19.8 Å². The first-order valence-corrected chi connectivity index (χ1v) is 9.00. The van der Waals surface area contributed by atoms with Gasteiger partial charge < -0.3 is 5.11 Å². The third kappa shape index (κ3) is 4.71. The Balaban J connectivity index is 1.70. The number of carbonyl (C=O) groups is 1. The maximum Gasteiger partial charge on any atom is 0.317 e. The van der Waals surface area contributed by atoms with Crippen molar-refractivity contribution >= 4 is 16.0 Å². The normalized spacial score (nSPS) is 26.5. The zero-order chi connectivity index (χ0) is 14.8. The number of hydrogen-bond acceptors (Lipinski definition) is 4. The summed E-state index contributed by atoms with van der Waals surface area (Å²) in [5.41, 5.74) is 0. The molecule has 0 unspecified atom stereocenters. The van der Waals surface area contributed by atoms with Crippen LogP contribution in [0.25, 0.3) is 0 Å². The van der Waals surface area contributed by atoms with Crippen molar-refractivity contribution in [2.45, 2.75) is 51.1 Å². The minimum absolute atomic E-state index is 0.0213. The molecule has 2 rings (SSSR count). The Hall–Kier alpha value is -0.660. The largest absolute Gasteiger partial charge is 0.480 e. The number of nitrogens with one attached hydrogen (secondary N) is 1. The standard InChI is InChI=1S/C13H24N2O4S/c1-2-15(9-13(16)17)12-7-11(8-12)14-20(18,19)6-5-10-3-4-10/h10-12,14H,2-9H2,1H3,(H,16,17). The molecule has 2 N–H and O–H groups in total. The van der Waals surface area contributed by atoms with Gasteiger partial charge >= 0.3 is 5.97 Å². The number of nitrogens with zero attached hydrogens (tertiary/aromatic N) is 1. The fourth-order valence-corrected chi connectivity index (χ4v) is 4.16. The van der Waals surface area contributed by atoms with Crippen molar-refractivity contribution in [3.8, 4) is 0 Å². The molecule has 0 aromatic heterocycles. The molecule has 0 aromatic carbocycles. The van der Waals surface area contributed by atoms with E-state index in [1.165, 1.54) is 12.8 Å². The molecular formula is C13H24N2O4S. The molecule has 20 heavy (non-hydrogen) atoms. The van der Waals surface area contributed by atoms with Gasteiger partial charge in [-0.2, -0.15) is 0 Å². The lowest BCUT2D eigenvalue weighted by molar-refractivity contribution is -0.139. The summed E-state index contributed by atoms with van der Waals surface area (Å²) in [7, 11) is -3.16. The van der Waals surface area contributed by atoms with Crippen LogP contribution in [0.15, 0.2) is 0 Å². The van der Waals surface area contributed by atoms with Crippen molar-refractivity contribution in [3.05, 3.63) is 0 Å². The lowest BCUT2D eigenvalue weighted by Crippen LogP contribution is -2.55. The van der Waals surface area contributed by atoms with Crippen molar-refractivity contribution < 1.29 is 18.3 Å². The highest BCUT2D eigenvalue weighted by Crippen LogP contribution is 2.33. The van der Waals surface area contributed by atoms with Crippen LogP contribution in [0.5, 0.6) is 0 Å². The van der Waals surface area contributed by atoms with E-state index in [2.05, 4.69) is 4.72 Å². The molecule has 0 aliphatic heterocycles. The van der Waals surface area contributed by atoms with Crippen LogP contribution in [0, 0.1) is 5.92 Å². The van der Waals surface area contributed by atoms with Gasteiger partial charge in [0.1, 0.15) is 0 Å². The summed E-state index contributed by atoms with van der Waals surface area (Å²) in [6.45, 7) is 2.64. The number of carboxylic acids is 1. The smallest absolute Gasteiger partial charge is 0.317 e. The minimum Gasteiger partial charge on any atom is -0.480 e. The fraction of sp³-hybridized carbons (Fsp3) is 0.923. The first-order valence-electron chi connectivity index (χ1n) is 7.35. The van der Waals surface area contributed by atoms with E-state index in [1.54, 1.807) is 0 Å². The molecule has 6 nitrogen and oxygen atoms in total. The molecule has 2 aliphatic carbocycles. The van der Waals surface area contributed by atoms with Crippen molar-refractivity contribution in [1.29, 1.82) is 0 Å². The van der Waals surface area contributed by atoms with Gasteiger partial charge in [-0.15, -0.1) is 0 Å². The molecule has 0 spiro atoms. The molecule has 0 amide bonds. The Morgan fingerprint density at radius 3 is 2.50 bits per heavy atom. The second-order valence-corrected chi connectivity index (χ2v) is 7.82. The second kappa shape index (κ2) is 6.41. The van der Waals surface area contributed by atoms with Crippen LogP contribution in [0.3, 0.4) is 0 Å². The van der Waals surface area contributed by atoms with Gasteiger partial charge in [-0.3, -0.25) is 9.69 Å². The van der Waals surface area contributed by atoms with Gasteiger partial charge in [0.05, 0.1) is 12.3 Å². The molecule has 116 valence electrons. The molecule has 2 aliphatic rings. The molecule has 0 saturated heterocycles. The van der Waals surface area contributed by atoms with Crippen molar-refractivity contribution in [1.82, 2.24) is 9.62 Å². The zero-order valence-corrected chi connectivity index (χ0v) is 12.7. The van der Waals surface area contributed by atoms with Gasteiger partial charge in [0.2, 0.25) is 10.0 Å². The topological polar surface area (TPSA) is 86.7 Å². The number of sulfonamides is 1. The zero-order valence-electron chi connectivity index (χ0n) is 11.9. The highest BCUT2D eigenvalue weighted by molar-refractivity contribution is 7.89. The first kappa shape index (κ1) is 15.7. The molecule has 0 bridgehead atoms. The molecule has 0 heterocycles. The summed E-state index contributed by atoms with van der Waals surface area (Å²) in [5, 5.41) is 8.81. The number of carboxylic acid groups (broad SMARTS) is 1. The van der Waals surface area contributed by atoms with E-state index in [1.807, 2.05) is 11.8 Å².